The van der Waals surface area contributed by atoms with Crippen LogP contribution in [0.5, 0.6) is 0 Å². The van der Waals surface area contributed by atoms with E-state index in [4.69, 9.17) is 0 Å². The summed E-state index contributed by atoms with van der Waals surface area (Å²) in [5.41, 5.74) is 1.61. The van der Waals surface area contributed by atoms with Gasteiger partial charge in [0.2, 0.25) is 0 Å². The Morgan fingerprint density at radius 2 is 1.90 bits per heavy atom. The second kappa shape index (κ2) is 5.69. The van der Waals surface area contributed by atoms with Gasteiger partial charge in [-0.05, 0) is 17.0 Å². The zero-order chi connectivity index (χ0) is 14.8. The van der Waals surface area contributed by atoms with E-state index in [-0.39, 0.29) is 18.4 Å². The van der Waals surface area contributed by atoms with Gasteiger partial charge in [0, 0.05) is 24.4 Å². The van der Waals surface area contributed by atoms with Crippen LogP contribution in [0.1, 0.15) is 21.8 Å². The standard InChI is InChI=1S/C16H15NO3S/c18-15(12-6-7-21-10-12)17-8-13(14(9-17)16(19)20)11-4-2-1-3-5-11/h1-7,10,13-14H,8-9H2,(H,19,20)/t13-,14+/m0/s1. The third-order valence-corrected chi connectivity index (χ3v) is 4.60. The summed E-state index contributed by atoms with van der Waals surface area (Å²) in [7, 11) is 0. The molecular formula is C16H15NO3S. The highest BCUT2D eigenvalue weighted by Crippen LogP contribution is 2.33. The molecule has 1 aliphatic heterocycles. The number of thiophene rings is 1. The number of carboxylic acids is 1. The van der Waals surface area contributed by atoms with Crippen LogP contribution < -0.4 is 0 Å². The first-order valence-corrected chi connectivity index (χ1v) is 7.70. The van der Waals surface area contributed by atoms with Crippen LogP contribution in [-0.2, 0) is 4.79 Å². The third-order valence-electron chi connectivity index (χ3n) is 3.92. The first kappa shape index (κ1) is 13.8. The number of amides is 1. The van der Waals surface area contributed by atoms with E-state index < -0.39 is 11.9 Å². The second-order valence-corrected chi connectivity index (χ2v) is 5.96. The molecule has 2 heterocycles. The molecule has 2 atom stereocenters. The molecule has 108 valence electrons. The molecular weight excluding hydrogens is 286 g/mol. The smallest absolute Gasteiger partial charge is 0.308 e. The predicted octanol–water partition coefficient (Wildman–Crippen LogP) is 2.69. The van der Waals surface area contributed by atoms with Crippen molar-refractivity contribution < 1.29 is 14.7 Å². The first-order valence-electron chi connectivity index (χ1n) is 6.76. The summed E-state index contributed by atoms with van der Waals surface area (Å²) in [6, 6.07) is 11.3. The molecule has 0 spiro atoms. The van der Waals surface area contributed by atoms with Gasteiger partial charge in [0.15, 0.2) is 0 Å². The largest absolute Gasteiger partial charge is 0.481 e. The van der Waals surface area contributed by atoms with Crippen molar-refractivity contribution in [3.63, 3.8) is 0 Å². The van der Waals surface area contributed by atoms with Gasteiger partial charge in [-0.2, -0.15) is 11.3 Å². The highest BCUT2D eigenvalue weighted by atomic mass is 32.1. The molecule has 1 saturated heterocycles. The van der Waals surface area contributed by atoms with E-state index in [9.17, 15) is 14.7 Å². The number of aliphatic carboxylic acids is 1. The SMILES string of the molecule is O=C(O)[C@@H]1CN(C(=O)c2ccsc2)C[C@H]1c1ccccc1. The van der Waals surface area contributed by atoms with Crippen molar-refractivity contribution in [2.24, 2.45) is 5.92 Å². The van der Waals surface area contributed by atoms with E-state index in [1.54, 1.807) is 16.3 Å². The molecule has 0 saturated carbocycles. The number of rotatable bonds is 3. The first-order chi connectivity index (χ1) is 10.2. The number of carbonyl (C=O) groups excluding carboxylic acids is 1. The van der Waals surface area contributed by atoms with Gasteiger partial charge < -0.3 is 10.0 Å². The molecule has 1 aromatic heterocycles. The van der Waals surface area contributed by atoms with Crippen LogP contribution in [0.3, 0.4) is 0 Å². The lowest BCUT2D eigenvalue weighted by molar-refractivity contribution is -0.141. The van der Waals surface area contributed by atoms with E-state index >= 15 is 0 Å². The molecule has 1 amide bonds. The number of benzene rings is 1. The summed E-state index contributed by atoms with van der Waals surface area (Å²) >= 11 is 1.47. The van der Waals surface area contributed by atoms with Crippen molar-refractivity contribution in [1.29, 1.82) is 0 Å². The maximum Gasteiger partial charge on any atom is 0.308 e. The Hall–Kier alpha value is -2.14. The molecule has 3 rings (SSSR count). The molecule has 1 fully saturated rings. The van der Waals surface area contributed by atoms with Crippen molar-refractivity contribution in [3.05, 3.63) is 58.3 Å². The van der Waals surface area contributed by atoms with Crippen molar-refractivity contribution in [2.75, 3.05) is 13.1 Å². The lowest BCUT2D eigenvalue weighted by atomic mass is 9.89. The van der Waals surface area contributed by atoms with Gasteiger partial charge in [-0.15, -0.1) is 0 Å². The average molecular weight is 301 g/mol. The van der Waals surface area contributed by atoms with Crippen LogP contribution in [0, 0.1) is 5.92 Å². The fourth-order valence-corrected chi connectivity index (χ4v) is 3.46. The lowest BCUT2D eigenvalue weighted by Crippen LogP contribution is -2.29. The number of likely N-dealkylation sites (tertiary alicyclic amines) is 1. The second-order valence-electron chi connectivity index (χ2n) is 5.18. The fourth-order valence-electron chi connectivity index (χ4n) is 2.83. The molecule has 4 nitrogen and oxygen atoms in total. The quantitative estimate of drug-likeness (QED) is 0.948. The number of nitrogens with zero attached hydrogens (tertiary/aromatic N) is 1. The minimum Gasteiger partial charge on any atom is -0.481 e. The maximum atomic E-state index is 12.4. The Morgan fingerprint density at radius 3 is 2.52 bits per heavy atom. The van der Waals surface area contributed by atoms with Crippen LogP contribution in [0.15, 0.2) is 47.2 Å². The fraction of sp³-hybridized carbons (Fsp3) is 0.250. The Bertz CT molecular complexity index is 639. The molecule has 0 aliphatic carbocycles. The molecule has 1 aliphatic rings. The Kier molecular flexibility index (Phi) is 3.75. The summed E-state index contributed by atoms with van der Waals surface area (Å²) in [6.45, 7) is 0.721. The molecule has 21 heavy (non-hydrogen) atoms. The highest BCUT2D eigenvalue weighted by Gasteiger charge is 2.40. The topological polar surface area (TPSA) is 57.6 Å². The van der Waals surface area contributed by atoms with Crippen molar-refractivity contribution >= 4 is 23.2 Å². The summed E-state index contributed by atoms with van der Waals surface area (Å²) in [5.74, 6) is -1.62. The number of carbonyl (C=O) groups is 2. The number of hydrogen-bond donors (Lipinski definition) is 1. The third kappa shape index (κ3) is 2.69. The van der Waals surface area contributed by atoms with Crippen LogP contribution in [0.2, 0.25) is 0 Å². The van der Waals surface area contributed by atoms with Gasteiger partial charge in [0.05, 0.1) is 11.5 Å². The van der Waals surface area contributed by atoms with Crippen molar-refractivity contribution in [2.45, 2.75) is 5.92 Å². The van der Waals surface area contributed by atoms with Crippen molar-refractivity contribution in [3.8, 4) is 0 Å². The minimum absolute atomic E-state index is 0.0825. The van der Waals surface area contributed by atoms with E-state index in [2.05, 4.69) is 0 Å². The van der Waals surface area contributed by atoms with E-state index in [0.29, 0.717) is 12.1 Å². The summed E-state index contributed by atoms with van der Waals surface area (Å²) in [4.78, 5) is 25.5. The number of carboxylic acid groups (broad SMARTS) is 1. The minimum atomic E-state index is -0.843. The summed E-state index contributed by atoms with van der Waals surface area (Å²) in [6.07, 6.45) is 0. The Labute approximate surface area is 126 Å². The van der Waals surface area contributed by atoms with Gasteiger partial charge >= 0.3 is 5.97 Å². The Morgan fingerprint density at radius 1 is 1.14 bits per heavy atom. The highest BCUT2D eigenvalue weighted by molar-refractivity contribution is 7.08. The molecule has 1 aromatic carbocycles. The maximum absolute atomic E-state index is 12.4. The van der Waals surface area contributed by atoms with Gasteiger partial charge in [-0.25, -0.2) is 0 Å². The number of hydrogen-bond acceptors (Lipinski definition) is 3. The molecule has 1 N–H and O–H groups in total. The van der Waals surface area contributed by atoms with Gasteiger partial charge in [0.25, 0.3) is 5.91 Å². The molecule has 0 radical (unpaired) electrons. The summed E-state index contributed by atoms with van der Waals surface area (Å²) < 4.78 is 0. The summed E-state index contributed by atoms with van der Waals surface area (Å²) in [5, 5.41) is 13.1. The van der Waals surface area contributed by atoms with E-state index in [1.165, 1.54) is 11.3 Å². The zero-order valence-corrected chi connectivity index (χ0v) is 12.1. The Balaban J connectivity index is 1.85. The van der Waals surface area contributed by atoms with E-state index in [0.717, 1.165) is 5.56 Å². The average Bonchev–Trinajstić information content (AvgIpc) is 3.17. The lowest BCUT2D eigenvalue weighted by Gasteiger charge is -2.15. The molecule has 0 bridgehead atoms. The molecule has 5 heteroatoms. The molecule has 2 aromatic rings. The van der Waals surface area contributed by atoms with Crippen LogP contribution in [0.25, 0.3) is 0 Å². The van der Waals surface area contributed by atoms with Gasteiger partial charge in [-0.3, -0.25) is 9.59 Å². The monoisotopic (exact) mass is 301 g/mol. The van der Waals surface area contributed by atoms with Gasteiger partial charge in [-0.1, -0.05) is 30.3 Å². The van der Waals surface area contributed by atoms with Gasteiger partial charge in [0.1, 0.15) is 0 Å². The van der Waals surface area contributed by atoms with Crippen LogP contribution in [-0.4, -0.2) is 35.0 Å². The zero-order valence-electron chi connectivity index (χ0n) is 11.3. The van der Waals surface area contributed by atoms with Crippen LogP contribution >= 0.6 is 11.3 Å². The molecule has 0 unspecified atom stereocenters. The van der Waals surface area contributed by atoms with Crippen LogP contribution in [0.4, 0.5) is 0 Å². The predicted molar refractivity (Wildman–Crippen MR) is 80.5 cm³/mol. The van der Waals surface area contributed by atoms with Crippen molar-refractivity contribution in [1.82, 2.24) is 4.90 Å². The normalized spacial score (nSPS) is 21.4. The van der Waals surface area contributed by atoms with E-state index in [1.807, 2.05) is 35.7 Å².